The molecule has 1 heterocycles. The largest absolute Gasteiger partial charge is 0.490 e. The molecule has 1 aromatic carbocycles. The Morgan fingerprint density at radius 3 is 2.82 bits per heavy atom. The van der Waals surface area contributed by atoms with Crippen molar-refractivity contribution >= 4 is 5.97 Å². The van der Waals surface area contributed by atoms with Crippen molar-refractivity contribution in [1.82, 2.24) is 0 Å². The molecule has 2 rings (SSSR count). The van der Waals surface area contributed by atoms with Gasteiger partial charge in [-0.3, -0.25) is 4.79 Å². The Kier molecular flexibility index (Phi) is 4.02. The third-order valence-electron chi connectivity index (χ3n) is 2.98. The van der Waals surface area contributed by atoms with Crippen LogP contribution in [0.5, 0.6) is 5.75 Å². The van der Waals surface area contributed by atoms with Gasteiger partial charge in [0.25, 0.3) is 0 Å². The quantitative estimate of drug-likeness (QED) is 0.735. The van der Waals surface area contributed by atoms with Crippen LogP contribution in [0.3, 0.4) is 0 Å². The molecule has 0 amide bonds. The fraction of sp³-hybridized carbons (Fsp3) is 0.500. The van der Waals surface area contributed by atoms with Gasteiger partial charge in [-0.25, -0.2) is 0 Å². The summed E-state index contributed by atoms with van der Waals surface area (Å²) in [7, 11) is 0. The Labute approximate surface area is 102 Å². The first-order chi connectivity index (χ1) is 8.29. The van der Waals surface area contributed by atoms with E-state index >= 15 is 0 Å². The Bertz CT molecular complexity index is 361. The second-order valence-corrected chi connectivity index (χ2v) is 4.40. The SMILES string of the molecule is CCCC1CC(COc2ccccc2)OC1=O. The van der Waals surface area contributed by atoms with Gasteiger partial charge < -0.3 is 9.47 Å². The second kappa shape index (κ2) is 5.71. The highest BCUT2D eigenvalue weighted by Gasteiger charge is 2.33. The predicted octanol–water partition coefficient (Wildman–Crippen LogP) is 2.80. The van der Waals surface area contributed by atoms with Gasteiger partial charge in [-0.15, -0.1) is 0 Å². The van der Waals surface area contributed by atoms with E-state index in [9.17, 15) is 4.79 Å². The third-order valence-corrected chi connectivity index (χ3v) is 2.98. The van der Waals surface area contributed by atoms with Crippen LogP contribution in [-0.2, 0) is 9.53 Å². The molecule has 2 atom stereocenters. The van der Waals surface area contributed by atoms with Gasteiger partial charge in [-0.1, -0.05) is 31.5 Å². The molecular weight excluding hydrogens is 216 g/mol. The Balaban J connectivity index is 1.80. The van der Waals surface area contributed by atoms with Crippen molar-refractivity contribution in [3.05, 3.63) is 30.3 Å². The molecule has 0 N–H and O–H groups in total. The lowest BCUT2D eigenvalue weighted by Crippen LogP contribution is -2.17. The maximum absolute atomic E-state index is 11.5. The van der Waals surface area contributed by atoms with Crippen molar-refractivity contribution < 1.29 is 14.3 Å². The lowest BCUT2D eigenvalue weighted by Gasteiger charge is -2.10. The summed E-state index contributed by atoms with van der Waals surface area (Å²) in [6, 6.07) is 9.60. The standard InChI is InChI=1S/C14H18O3/c1-2-6-11-9-13(17-14(11)15)10-16-12-7-4-3-5-8-12/h3-5,7-8,11,13H,2,6,9-10H2,1H3. The van der Waals surface area contributed by atoms with Crippen molar-refractivity contribution in [3.8, 4) is 5.75 Å². The summed E-state index contributed by atoms with van der Waals surface area (Å²) in [5.41, 5.74) is 0. The van der Waals surface area contributed by atoms with Gasteiger partial charge >= 0.3 is 5.97 Å². The third kappa shape index (κ3) is 3.22. The van der Waals surface area contributed by atoms with Gasteiger partial charge in [0.1, 0.15) is 18.5 Å². The van der Waals surface area contributed by atoms with Crippen LogP contribution in [0.25, 0.3) is 0 Å². The van der Waals surface area contributed by atoms with Gasteiger partial charge in [0.05, 0.1) is 5.92 Å². The average molecular weight is 234 g/mol. The maximum Gasteiger partial charge on any atom is 0.309 e. The van der Waals surface area contributed by atoms with Crippen LogP contribution in [0, 0.1) is 5.92 Å². The van der Waals surface area contributed by atoms with E-state index in [0.717, 1.165) is 25.0 Å². The minimum atomic E-state index is -0.0840. The number of carbonyl (C=O) groups is 1. The molecule has 92 valence electrons. The number of ether oxygens (including phenoxy) is 2. The second-order valence-electron chi connectivity index (χ2n) is 4.40. The summed E-state index contributed by atoms with van der Waals surface area (Å²) in [4.78, 5) is 11.5. The van der Waals surface area contributed by atoms with Gasteiger partial charge in [0.15, 0.2) is 0 Å². The highest BCUT2D eigenvalue weighted by Crippen LogP contribution is 2.25. The highest BCUT2D eigenvalue weighted by atomic mass is 16.6. The normalized spacial score (nSPS) is 23.5. The van der Waals surface area contributed by atoms with E-state index in [-0.39, 0.29) is 18.0 Å². The Morgan fingerprint density at radius 2 is 2.12 bits per heavy atom. The van der Waals surface area contributed by atoms with Crippen LogP contribution in [0.15, 0.2) is 30.3 Å². The molecule has 3 heteroatoms. The van der Waals surface area contributed by atoms with Crippen molar-refractivity contribution in [2.45, 2.75) is 32.3 Å². The Hall–Kier alpha value is -1.51. The number of carbonyl (C=O) groups excluding carboxylic acids is 1. The molecule has 0 saturated carbocycles. The number of hydrogen-bond acceptors (Lipinski definition) is 3. The summed E-state index contributed by atoms with van der Waals surface area (Å²) < 4.78 is 10.9. The molecule has 0 bridgehead atoms. The van der Waals surface area contributed by atoms with Crippen LogP contribution in [0.2, 0.25) is 0 Å². The van der Waals surface area contributed by atoms with Gasteiger partial charge in [0.2, 0.25) is 0 Å². The summed E-state index contributed by atoms with van der Waals surface area (Å²) in [6.07, 6.45) is 2.64. The minimum Gasteiger partial charge on any atom is -0.490 e. The molecule has 0 spiro atoms. The number of para-hydroxylation sites is 1. The zero-order valence-corrected chi connectivity index (χ0v) is 10.1. The van der Waals surface area contributed by atoms with Crippen molar-refractivity contribution in [3.63, 3.8) is 0 Å². The zero-order valence-electron chi connectivity index (χ0n) is 10.1. The average Bonchev–Trinajstić information content (AvgIpc) is 2.70. The number of esters is 1. The molecular formula is C14H18O3. The summed E-state index contributed by atoms with van der Waals surface area (Å²) in [5.74, 6) is 0.834. The van der Waals surface area contributed by atoms with E-state index in [4.69, 9.17) is 9.47 Å². The van der Waals surface area contributed by atoms with Gasteiger partial charge in [-0.2, -0.15) is 0 Å². The van der Waals surface area contributed by atoms with Crippen LogP contribution in [0.4, 0.5) is 0 Å². The number of benzene rings is 1. The molecule has 17 heavy (non-hydrogen) atoms. The van der Waals surface area contributed by atoms with E-state index in [1.807, 2.05) is 30.3 Å². The van der Waals surface area contributed by atoms with Crippen LogP contribution >= 0.6 is 0 Å². The van der Waals surface area contributed by atoms with Gasteiger partial charge in [0, 0.05) is 6.42 Å². The van der Waals surface area contributed by atoms with Crippen molar-refractivity contribution in [2.75, 3.05) is 6.61 Å². The van der Waals surface area contributed by atoms with Crippen LogP contribution in [0.1, 0.15) is 26.2 Å². The number of hydrogen-bond donors (Lipinski definition) is 0. The lowest BCUT2D eigenvalue weighted by molar-refractivity contribution is -0.145. The van der Waals surface area contributed by atoms with Crippen molar-refractivity contribution in [2.24, 2.45) is 5.92 Å². The lowest BCUT2D eigenvalue weighted by atomic mass is 10.0. The van der Waals surface area contributed by atoms with Crippen LogP contribution in [-0.4, -0.2) is 18.7 Å². The van der Waals surface area contributed by atoms with Crippen molar-refractivity contribution in [1.29, 1.82) is 0 Å². The molecule has 1 aliphatic rings. The van der Waals surface area contributed by atoms with E-state index in [1.54, 1.807) is 0 Å². The molecule has 1 saturated heterocycles. The maximum atomic E-state index is 11.5. The smallest absolute Gasteiger partial charge is 0.309 e. The van der Waals surface area contributed by atoms with E-state index in [0.29, 0.717) is 6.61 Å². The van der Waals surface area contributed by atoms with E-state index in [1.165, 1.54) is 0 Å². The predicted molar refractivity (Wildman–Crippen MR) is 64.8 cm³/mol. The number of rotatable bonds is 5. The molecule has 1 aliphatic heterocycles. The monoisotopic (exact) mass is 234 g/mol. The first-order valence-electron chi connectivity index (χ1n) is 6.18. The molecule has 1 aromatic rings. The van der Waals surface area contributed by atoms with Crippen LogP contribution < -0.4 is 4.74 Å². The molecule has 1 fully saturated rings. The van der Waals surface area contributed by atoms with E-state index < -0.39 is 0 Å². The molecule has 0 aromatic heterocycles. The number of cyclic esters (lactones) is 1. The zero-order chi connectivity index (χ0) is 12.1. The fourth-order valence-electron chi connectivity index (χ4n) is 2.11. The molecule has 3 nitrogen and oxygen atoms in total. The summed E-state index contributed by atoms with van der Waals surface area (Å²) in [5, 5.41) is 0. The van der Waals surface area contributed by atoms with E-state index in [2.05, 4.69) is 6.92 Å². The fourth-order valence-corrected chi connectivity index (χ4v) is 2.11. The minimum absolute atomic E-state index is 0.0616. The molecule has 2 unspecified atom stereocenters. The first-order valence-corrected chi connectivity index (χ1v) is 6.18. The topological polar surface area (TPSA) is 35.5 Å². The van der Waals surface area contributed by atoms with Gasteiger partial charge in [-0.05, 0) is 18.6 Å². The first kappa shape index (κ1) is 12.0. The molecule has 0 radical (unpaired) electrons. The Morgan fingerprint density at radius 1 is 1.35 bits per heavy atom. The highest BCUT2D eigenvalue weighted by molar-refractivity contribution is 5.74. The summed E-state index contributed by atoms with van der Waals surface area (Å²) >= 11 is 0. The summed E-state index contributed by atoms with van der Waals surface area (Å²) in [6.45, 7) is 2.54. The molecule has 0 aliphatic carbocycles.